The molecular weight excluding hydrogens is 373 g/mol. The van der Waals surface area contributed by atoms with Crippen molar-refractivity contribution in [3.05, 3.63) is 76.7 Å². The number of nitrogens with zero attached hydrogens (tertiary/aromatic N) is 2. The molecule has 0 saturated carbocycles. The van der Waals surface area contributed by atoms with Crippen molar-refractivity contribution in [2.24, 2.45) is 0 Å². The zero-order valence-corrected chi connectivity index (χ0v) is 16.3. The quantitative estimate of drug-likeness (QED) is 0.846. The van der Waals surface area contributed by atoms with Crippen LogP contribution in [-0.4, -0.2) is 41.9 Å². The smallest absolute Gasteiger partial charge is 0.322 e. The summed E-state index contributed by atoms with van der Waals surface area (Å²) in [7, 11) is 1.66. The van der Waals surface area contributed by atoms with Gasteiger partial charge < -0.3 is 15.0 Å². The molecule has 2 heterocycles. The van der Waals surface area contributed by atoms with Gasteiger partial charge in [0, 0.05) is 13.6 Å². The zero-order valence-electron chi connectivity index (χ0n) is 16.3. The Labute approximate surface area is 168 Å². The number of nitrogens with one attached hydrogen (secondary N) is 1. The first-order valence-corrected chi connectivity index (χ1v) is 9.51. The minimum absolute atomic E-state index is 0.130. The van der Waals surface area contributed by atoms with Crippen LogP contribution in [0.4, 0.5) is 9.18 Å². The predicted octanol–water partition coefficient (Wildman–Crippen LogP) is 3.22. The molecule has 2 aliphatic rings. The monoisotopic (exact) mass is 395 g/mol. The Morgan fingerprint density at radius 2 is 1.79 bits per heavy atom. The molecule has 2 aliphatic heterocycles. The molecule has 0 aliphatic carbocycles. The number of hydrogen-bond donors (Lipinski definition) is 1. The maximum atomic E-state index is 13.2. The molecule has 0 bridgehead atoms. The third-order valence-corrected chi connectivity index (χ3v) is 5.25. The fourth-order valence-corrected chi connectivity index (χ4v) is 3.73. The molecule has 2 aromatic rings. The van der Waals surface area contributed by atoms with Gasteiger partial charge in [-0.15, -0.1) is 0 Å². The van der Waals surface area contributed by atoms with E-state index in [4.69, 9.17) is 4.74 Å². The number of rotatable bonds is 5. The minimum atomic E-state index is -0.518. The molecule has 0 saturated heterocycles. The van der Waals surface area contributed by atoms with Crippen LogP contribution in [0, 0.1) is 5.82 Å². The summed E-state index contributed by atoms with van der Waals surface area (Å²) < 4.78 is 18.7. The minimum Gasteiger partial charge on any atom is -0.494 e. The van der Waals surface area contributed by atoms with E-state index >= 15 is 0 Å². The fraction of sp³-hybridized carbons (Fsp3) is 0.273. The largest absolute Gasteiger partial charge is 0.494 e. The number of carbonyl (C=O) groups is 2. The van der Waals surface area contributed by atoms with Gasteiger partial charge in [0.1, 0.15) is 11.6 Å². The summed E-state index contributed by atoms with van der Waals surface area (Å²) in [5.74, 6) is 0.291. The van der Waals surface area contributed by atoms with Crippen molar-refractivity contribution < 1.29 is 18.7 Å². The Bertz CT molecular complexity index is 970. The van der Waals surface area contributed by atoms with Gasteiger partial charge in [0.05, 0.1) is 30.5 Å². The summed E-state index contributed by atoms with van der Waals surface area (Å²) in [6, 6.07) is 12.7. The second kappa shape index (κ2) is 7.58. The van der Waals surface area contributed by atoms with Crippen LogP contribution in [0.25, 0.3) is 0 Å². The van der Waals surface area contributed by atoms with Crippen LogP contribution in [0.1, 0.15) is 24.1 Å². The first-order valence-electron chi connectivity index (χ1n) is 9.51. The van der Waals surface area contributed by atoms with Gasteiger partial charge in [-0.25, -0.2) is 9.18 Å². The van der Waals surface area contributed by atoms with E-state index in [0.29, 0.717) is 31.0 Å². The second-order valence-electron chi connectivity index (χ2n) is 7.09. The lowest BCUT2D eigenvalue weighted by Gasteiger charge is -2.31. The summed E-state index contributed by atoms with van der Waals surface area (Å²) in [4.78, 5) is 28.9. The number of likely N-dealkylation sites (N-methyl/N-ethyl adjacent to an activating group) is 1. The van der Waals surface area contributed by atoms with E-state index in [1.54, 1.807) is 24.1 Å². The highest BCUT2D eigenvalue weighted by molar-refractivity contribution is 6.01. The van der Waals surface area contributed by atoms with Gasteiger partial charge in [0.2, 0.25) is 0 Å². The van der Waals surface area contributed by atoms with Gasteiger partial charge in [0.15, 0.2) is 0 Å². The van der Waals surface area contributed by atoms with Crippen LogP contribution in [-0.2, 0) is 11.3 Å². The molecule has 7 heteroatoms. The van der Waals surface area contributed by atoms with E-state index in [-0.39, 0.29) is 17.8 Å². The lowest BCUT2D eigenvalue weighted by Crippen LogP contribution is -2.45. The van der Waals surface area contributed by atoms with E-state index in [9.17, 15) is 14.0 Å². The molecule has 1 N–H and O–H groups in total. The molecular formula is C22H22FN3O3. The number of amides is 3. The lowest BCUT2D eigenvalue weighted by molar-refractivity contribution is -0.126. The van der Waals surface area contributed by atoms with Gasteiger partial charge in [-0.3, -0.25) is 9.69 Å². The van der Waals surface area contributed by atoms with E-state index in [2.05, 4.69) is 5.32 Å². The Morgan fingerprint density at radius 3 is 2.45 bits per heavy atom. The van der Waals surface area contributed by atoms with Gasteiger partial charge in [-0.2, -0.15) is 0 Å². The van der Waals surface area contributed by atoms with Crippen molar-refractivity contribution in [1.29, 1.82) is 0 Å². The molecule has 0 aromatic heterocycles. The van der Waals surface area contributed by atoms with Gasteiger partial charge in [0.25, 0.3) is 5.91 Å². The molecule has 0 spiro atoms. The van der Waals surface area contributed by atoms with Crippen LogP contribution >= 0.6 is 0 Å². The predicted molar refractivity (Wildman–Crippen MR) is 105 cm³/mol. The summed E-state index contributed by atoms with van der Waals surface area (Å²) in [5.41, 5.74) is 2.91. The average Bonchev–Trinajstić information content (AvgIpc) is 3.04. The Hall–Kier alpha value is -3.35. The first-order chi connectivity index (χ1) is 14.0. The topological polar surface area (TPSA) is 61.9 Å². The third kappa shape index (κ3) is 3.55. The van der Waals surface area contributed by atoms with Crippen molar-refractivity contribution in [2.75, 3.05) is 20.2 Å². The maximum absolute atomic E-state index is 13.2. The van der Waals surface area contributed by atoms with Crippen molar-refractivity contribution >= 4 is 11.9 Å². The maximum Gasteiger partial charge on any atom is 0.322 e. The van der Waals surface area contributed by atoms with Gasteiger partial charge in [-0.05, 0) is 42.3 Å². The highest BCUT2D eigenvalue weighted by Gasteiger charge is 2.42. The standard InChI is InChI=1S/C22H22FN3O3/c1-3-29-17-10-6-15(7-11-17)20-19-18(25(2)22(28)24-20)13-26(21(19)27)12-14-4-8-16(23)9-5-14/h4-11,20H,3,12-13H2,1-2H3,(H,24,28)/t20-/m1/s1. The van der Waals surface area contributed by atoms with Crippen LogP contribution in [0.2, 0.25) is 0 Å². The highest BCUT2D eigenvalue weighted by Crippen LogP contribution is 2.36. The fourth-order valence-electron chi connectivity index (χ4n) is 3.73. The molecule has 6 nitrogen and oxygen atoms in total. The van der Waals surface area contributed by atoms with E-state index in [1.165, 1.54) is 17.0 Å². The highest BCUT2D eigenvalue weighted by atomic mass is 19.1. The second-order valence-corrected chi connectivity index (χ2v) is 7.09. The summed E-state index contributed by atoms with van der Waals surface area (Å²) in [5, 5.41) is 2.92. The SMILES string of the molecule is CCOc1ccc([C@H]2NC(=O)N(C)C3=C2C(=O)N(Cc2ccc(F)cc2)C3)cc1. The molecule has 29 heavy (non-hydrogen) atoms. The molecule has 0 radical (unpaired) electrons. The molecule has 2 aromatic carbocycles. The number of halogens is 1. The number of carbonyl (C=O) groups excluding carboxylic acids is 2. The van der Waals surface area contributed by atoms with Crippen LogP contribution in [0.5, 0.6) is 5.75 Å². The number of urea groups is 1. The average molecular weight is 395 g/mol. The Morgan fingerprint density at radius 1 is 1.10 bits per heavy atom. The molecule has 0 fully saturated rings. The van der Waals surface area contributed by atoms with Crippen LogP contribution in [0.15, 0.2) is 59.8 Å². The summed E-state index contributed by atoms with van der Waals surface area (Å²) >= 11 is 0. The number of ether oxygens (including phenoxy) is 1. The third-order valence-electron chi connectivity index (χ3n) is 5.25. The van der Waals surface area contributed by atoms with E-state index in [1.807, 2.05) is 31.2 Å². The number of benzene rings is 2. The Balaban J connectivity index is 1.62. The van der Waals surface area contributed by atoms with Gasteiger partial charge in [-0.1, -0.05) is 24.3 Å². The van der Waals surface area contributed by atoms with Crippen molar-refractivity contribution in [2.45, 2.75) is 19.5 Å². The Kier molecular flexibility index (Phi) is 4.96. The first kappa shape index (κ1) is 19.0. The van der Waals surface area contributed by atoms with Crippen LogP contribution < -0.4 is 10.1 Å². The van der Waals surface area contributed by atoms with E-state index < -0.39 is 6.04 Å². The van der Waals surface area contributed by atoms with Crippen molar-refractivity contribution in [3.8, 4) is 5.75 Å². The molecule has 0 unspecified atom stereocenters. The molecule has 3 amide bonds. The van der Waals surface area contributed by atoms with Crippen LogP contribution in [0.3, 0.4) is 0 Å². The van der Waals surface area contributed by atoms with Gasteiger partial charge >= 0.3 is 6.03 Å². The number of hydrogen-bond acceptors (Lipinski definition) is 3. The normalized spacial score (nSPS) is 18.8. The zero-order chi connectivity index (χ0) is 20.5. The summed E-state index contributed by atoms with van der Waals surface area (Å²) in [6.07, 6.45) is 0. The van der Waals surface area contributed by atoms with Crippen molar-refractivity contribution in [1.82, 2.24) is 15.1 Å². The molecule has 1 atom stereocenters. The lowest BCUT2D eigenvalue weighted by atomic mass is 9.95. The molecule has 150 valence electrons. The summed E-state index contributed by atoms with van der Waals surface area (Å²) in [6.45, 7) is 3.17. The van der Waals surface area contributed by atoms with Crippen molar-refractivity contribution in [3.63, 3.8) is 0 Å². The van der Waals surface area contributed by atoms with E-state index in [0.717, 1.165) is 16.9 Å². The molecule has 4 rings (SSSR count).